The number of aryl methyl sites for hydroxylation is 1. The van der Waals surface area contributed by atoms with Crippen LogP contribution in [0.15, 0.2) is 0 Å². The van der Waals surface area contributed by atoms with Crippen molar-refractivity contribution in [3.05, 3.63) is 21.5 Å². The van der Waals surface area contributed by atoms with Gasteiger partial charge < -0.3 is 10.1 Å². The predicted molar refractivity (Wildman–Crippen MR) is 84.2 cm³/mol. The third kappa shape index (κ3) is 4.12. The zero-order valence-corrected chi connectivity index (χ0v) is 14.2. The number of esters is 1. The molecule has 1 fully saturated rings. The molecule has 10 heteroatoms. The van der Waals surface area contributed by atoms with E-state index in [9.17, 15) is 25.0 Å². The van der Waals surface area contributed by atoms with E-state index < -0.39 is 28.9 Å². The molecule has 0 unspecified atom stereocenters. The maximum atomic E-state index is 11.9. The third-order valence-corrected chi connectivity index (χ3v) is 4.19. The molecule has 1 saturated carbocycles. The molecule has 0 aliphatic heterocycles. The van der Waals surface area contributed by atoms with Gasteiger partial charge in [-0.25, -0.2) is 0 Å². The second-order valence-corrected chi connectivity index (χ2v) is 6.23. The summed E-state index contributed by atoms with van der Waals surface area (Å²) in [6.07, 6.45) is 1.75. The van der Waals surface area contributed by atoms with Crippen LogP contribution in [0.2, 0.25) is 0 Å². The van der Waals surface area contributed by atoms with Gasteiger partial charge in [0.05, 0.1) is 11.0 Å². The highest BCUT2D eigenvalue weighted by Gasteiger charge is 2.43. The largest absolute Gasteiger partial charge is 0.454 e. The second-order valence-electron chi connectivity index (χ2n) is 6.23. The Balaban J connectivity index is 1.89. The minimum absolute atomic E-state index is 0.118. The number of nitrogens with zero attached hydrogens (tertiary/aromatic N) is 4. The molecule has 0 saturated heterocycles. The summed E-state index contributed by atoms with van der Waals surface area (Å²) in [5.41, 5.74) is -0.684. The normalized spacial score (nSPS) is 15.8. The number of aromatic nitrogens is 2. The van der Waals surface area contributed by atoms with Crippen molar-refractivity contribution in [3.63, 3.8) is 0 Å². The molecule has 10 nitrogen and oxygen atoms in total. The Morgan fingerprint density at radius 2 is 2.16 bits per heavy atom. The number of rotatable bonds is 7. The Labute approximate surface area is 143 Å². The lowest BCUT2D eigenvalue weighted by atomic mass is 9.98. The Morgan fingerprint density at radius 3 is 2.64 bits per heavy atom. The first-order valence-corrected chi connectivity index (χ1v) is 7.74. The molecule has 1 aromatic rings. The fraction of sp³-hybridized carbons (Fsp3) is 0.600. The van der Waals surface area contributed by atoms with E-state index in [1.165, 1.54) is 13.8 Å². The highest BCUT2D eigenvalue weighted by atomic mass is 16.6. The van der Waals surface area contributed by atoms with Crippen LogP contribution in [0.4, 0.5) is 5.69 Å². The Hall–Kier alpha value is -2.96. The van der Waals surface area contributed by atoms with E-state index in [-0.39, 0.29) is 29.5 Å². The van der Waals surface area contributed by atoms with Crippen LogP contribution in [-0.2, 0) is 20.9 Å². The molecule has 1 aromatic heterocycles. The van der Waals surface area contributed by atoms with Gasteiger partial charge in [-0.05, 0) is 39.5 Å². The van der Waals surface area contributed by atoms with E-state index in [4.69, 9.17) is 4.74 Å². The van der Waals surface area contributed by atoms with Crippen molar-refractivity contribution in [2.75, 3.05) is 6.61 Å². The molecule has 1 aliphatic rings. The molecule has 0 spiro atoms. The molecule has 0 aromatic carbocycles. The number of carbonyl (C=O) groups excluding carboxylic acids is 2. The highest BCUT2D eigenvalue weighted by molar-refractivity contribution is 5.81. The van der Waals surface area contributed by atoms with Crippen LogP contribution < -0.4 is 5.32 Å². The molecule has 1 atom stereocenters. The number of ether oxygens (including phenoxy) is 1. The standard InChI is InChI=1S/C15H19N5O5/c1-9-14(20(23)24)10(2)19(18-9)6-13(22)25-7-12(21)17-15(3,8-16)11-4-5-11/h11H,4-7H2,1-3H3,(H,17,21)/t15-/m0/s1. The molecule has 1 heterocycles. The molecule has 0 radical (unpaired) electrons. The summed E-state index contributed by atoms with van der Waals surface area (Å²) < 4.78 is 6.04. The minimum Gasteiger partial charge on any atom is -0.454 e. The van der Waals surface area contributed by atoms with Crippen molar-refractivity contribution in [1.82, 2.24) is 15.1 Å². The lowest BCUT2D eigenvalue weighted by molar-refractivity contribution is -0.386. The van der Waals surface area contributed by atoms with Crippen molar-refractivity contribution >= 4 is 17.6 Å². The van der Waals surface area contributed by atoms with Gasteiger partial charge in [-0.1, -0.05) is 0 Å². The van der Waals surface area contributed by atoms with E-state index in [0.29, 0.717) is 0 Å². The van der Waals surface area contributed by atoms with E-state index >= 15 is 0 Å². The van der Waals surface area contributed by atoms with Gasteiger partial charge in [0.15, 0.2) is 6.61 Å². The summed E-state index contributed by atoms with van der Waals surface area (Å²) in [6, 6.07) is 2.08. The summed E-state index contributed by atoms with van der Waals surface area (Å²) >= 11 is 0. The van der Waals surface area contributed by atoms with Gasteiger partial charge in [-0.2, -0.15) is 10.4 Å². The average Bonchev–Trinajstić information content (AvgIpc) is 3.33. The van der Waals surface area contributed by atoms with Crippen molar-refractivity contribution in [2.45, 2.75) is 45.7 Å². The number of nitrogens with one attached hydrogen (secondary N) is 1. The van der Waals surface area contributed by atoms with E-state index in [1.54, 1.807) is 6.92 Å². The summed E-state index contributed by atoms with van der Waals surface area (Å²) in [6.45, 7) is 3.72. The van der Waals surface area contributed by atoms with Crippen LogP contribution in [0.25, 0.3) is 0 Å². The number of nitro groups is 1. The average molecular weight is 349 g/mol. The minimum atomic E-state index is -0.959. The molecule has 1 N–H and O–H groups in total. The fourth-order valence-corrected chi connectivity index (χ4v) is 2.63. The first-order valence-electron chi connectivity index (χ1n) is 7.74. The number of amides is 1. The van der Waals surface area contributed by atoms with E-state index in [1.807, 2.05) is 0 Å². The summed E-state index contributed by atoms with van der Waals surface area (Å²) in [5.74, 6) is -1.20. The maximum absolute atomic E-state index is 11.9. The quantitative estimate of drug-likeness (QED) is 0.435. The lowest BCUT2D eigenvalue weighted by Crippen LogP contribution is -2.48. The van der Waals surface area contributed by atoms with Gasteiger partial charge in [0, 0.05) is 0 Å². The molecular weight excluding hydrogens is 330 g/mol. The highest BCUT2D eigenvalue weighted by Crippen LogP contribution is 2.39. The van der Waals surface area contributed by atoms with Crippen molar-refractivity contribution in [1.29, 1.82) is 5.26 Å². The molecule has 2 rings (SSSR count). The van der Waals surface area contributed by atoms with Crippen LogP contribution in [0.3, 0.4) is 0 Å². The summed E-state index contributed by atoms with van der Waals surface area (Å²) in [7, 11) is 0. The smallest absolute Gasteiger partial charge is 0.328 e. The van der Waals surface area contributed by atoms with Crippen molar-refractivity contribution in [3.8, 4) is 6.07 Å². The van der Waals surface area contributed by atoms with Gasteiger partial charge in [0.1, 0.15) is 23.5 Å². The number of carbonyl (C=O) groups is 2. The Kier molecular flexibility index (Phi) is 5.06. The number of nitriles is 1. The van der Waals surface area contributed by atoms with Crippen LogP contribution in [0, 0.1) is 41.2 Å². The van der Waals surface area contributed by atoms with E-state index in [2.05, 4.69) is 16.5 Å². The van der Waals surface area contributed by atoms with Gasteiger partial charge in [0.2, 0.25) is 0 Å². The fourth-order valence-electron chi connectivity index (χ4n) is 2.63. The predicted octanol–water partition coefficient (Wildman–Crippen LogP) is 0.760. The summed E-state index contributed by atoms with van der Waals surface area (Å²) in [4.78, 5) is 34.1. The number of hydrogen-bond donors (Lipinski definition) is 1. The molecule has 134 valence electrons. The van der Waals surface area contributed by atoms with Gasteiger partial charge >= 0.3 is 11.7 Å². The first kappa shape index (κ1) is 18.4. The van der Waals surface area contributed by atoms with Crippen molar-refractivity contribution in [2.24, 2.45) is 5.92 Å². The summed E-state index contributed by atoms with van der Waals surface area (Å²) in [5, 5.41) is 26.6. The first-order chi connectivity index (χ1) is 11.7. The Morgan fingerprint density at radius 1 is 1.52 bits per heavy atom. The topological polar surface area (TPSA) is 140 Å². The molecule has 1 amide bonds. The van der Waals surface area contributed by atoms with Crippen LogP contribution >= 0.6 is 0 Å². The molecule has 1 aliphatic carbocycles. The lowest BCUT2D eigenvalue weighted by Gasteiger charge is -2.22. The molecule has 0 bridgehead atoms. The SMILES string of the molecule is Cc1nn(CC(=O)OCC(=O)N[C@@](C)(C#N)C2CC2)c(C)c1[N+](=O)[O-]. The molecule has 25 heavy (non-hydrogen) atoms. The van der Waals surface area contributed by atoms with E-state index in [0.717, 1.165) is 17.5 Å². The van der Waals surface area contributed by atoms with Crippen LogP contribution in [-0.4, -0.2) is 38.7 Å². The van der Waals surface area contributed by atoms with Gasteiger partial charge in [-0.3, -0.25) is 24.4 Å². The monoisotopic (exact) mass is 349 g/mol. The third-order valence-electron chi connectivity index (χ3n) is 4.19. The molecular formula is C15H19N5O5. The Bertz CT molecular complexity index is 761. The zero-order valence-electron chi connectivity index (χ0n) is 14.2. The zero-order chi connectivity index (χ0) is 18.8. The van der Waals surface area contributed by atoms with Crippen LogP contribution in [0.1, 0.15) is 31.2 Å². The van der Waals surface area contributed by atoms with Gasteiger partial charge in [0.25, 0.3) is 5.91 Å². The second kappa shape index (κ2) is 6.88. The maximum Gasteiger partial charge on any atom is 0.328 e. The number of hydrogen-bond acceptors (Lipinski definition) is 7. The van der Waals surface area contributed by atoms with Gasteiger partial charge in [-0.15, -0.1) is 0 Å². The van der Waals surface area contributed by atoms with Crippen molar-refractivity contribution < 1.29 is 19.2 Å². The van der Waals surface area contributed by atoms with Crippen LogP contribution in [0.5, 0.6) is 0 Å².